The van der Waals surface area contributed by atoms with E-state index in [2.05, 4.69) is 15.9 Å². The van der Waals surface area contributed by atoms with Crippen LogP contribution >= 0.6 is 15.9 Å². The van der Waals surface area contributed by atoms with E-state index in [9.17, 15) is 9.90 Å². The van der Waals surface area contributed by atoms with Crippen molar-refractivity contribution in [2.45, 2.75) is 6.92 Å². The summed E-state index contributed by atoms with van der Waals surface area (Å²) in [5.41, 5.74) is 2.43. The third-order valence-corrected chi connectivity index (χ3v) is 3.32. The maximum absolute atomic E-state index is 11.7. The first-order chi connectivity index (χ1) is 9.11. The molecule has 0 saturated heterocycles. The molecule has 98 valence electrons. The molecule has 0 aromatic heterocycles. The Morgan fingerprint density at radius 1 is 1.16 bits per heavy atom. The molecule has 0 aliphatic heterocycles. The molecule has 0 spiro atoms. The molecule has 0 fully saturated rings. The number of hydrogen-bond donors (Lipinski definition) is 1. The van der Waals surface area contributed by atoms with Crippen molar-refractivity contribution in [3.63, 3.8) is 0 Å². The standard InChI is InChI=1S/C15H13BrO3/c1-2-19-15(18)13-8-5-11(9-14(13)16)10-3-6-12(17)7-4-10/h3-9,17H,2H2,1H3. The average Bonchev–Trinajstić information content (AvgIpc) is 2.39. The number of halogens is 1. The van der Waals surface area contributed by atoms with Gasteiger partial charge in [-0.05, 0) is 58.2 Å². The number of ether oxygens (including phenoxy) is 1. The number of phenolic OH excluding ortho intramolecular Hbond substituents is 1. The number of rotatable bonds is 3. The highest BCUT2D eigenvalue weighted by Crippen LogP contribution is 2.27. The van der Waals surface area contributed by atoms with Gasteiger partial charge < -0.3 is 9.84 Å². The summed E-state index contributed by atoms with van der Waals surface area (Å²) in [4.78, 5) is 11.7. The fourth-order valence-corrected chi connectivity index (χ4v) is 2.26. The van der Waals surface area contributed by atoms with Crippen molar-refractivity contribution in [1.82, 2.24) is 0 Å². The maximum atomic E-state index is 11.7. The molecule has 0 bridgehead atoms. The van der Waals surface area contributed by atoms with Crippen LogP contribution < -0.4 is 0 Å². The van der Waals surface area contributed by atoms with E-state index in [1.165, 1.54) is 0 Å². The Labute approximate surface area is 120 Å². The predicted octanol–water partition coefficient (Wildman–Crippen LogP) is 4.00. The summed E-state index contributed by atoms with van der Waals surface area (Å²) in [5, 5.41) is 9.26. The second-order valence-electron chi connectivity index (χ2n) is 3.96. The number of hydrogen-bond acceptors (Lipinski definition) is 3. The molecule has 19 heavy (non-hydrogen) atoms. The van der Waals surface area contributed by atoms with E-state index in [4.69, 9.17) is 4.74 Å². The summed E-state index contributed by atoms with van der Waals surface area (Å²) in [6.45, 7) is 2.13. The summed E-state index contributed by atoms with van der Waals surface area (Å²) in [5.74, 6) is -0.113. The van der Waals surface area contributed by atoms with Gasteiger partial charge in [0.05, 0.1) is 12.2 Å². The van der Waals surface area contributed by atoms with Gasteiger partial charge in [0.15, 0.2) is 0 Å². The monoisotopic (exact) mass is 320 g/mol. The lowest BCUT2D eigenvalue weighted by atomic mass is 10.0. The number of esters is 1. The summed E-state index contributed by atoms with van der Waals surface area (Å²) < 4.78 is 5.66. The van der Waals surface area contributed by atoms with E-state index in [0.29, 0.717) is 16.6 Å². The van der Waals surface area contributed by atoms with E-state index in [1.807, 2.05) is 24.3 Å². The minimum atomic E-state index is -0.341. The van der Waals surface area contributed by atoms with Gasteiger partial charge in [0, 0.05) is 4.47 Å². The Hall–Kier alpha value is -1.81. The Morgan fingerprint density at radius 3 is 2.37 bits per heavy atom. The normalized spacial score (nSPS) is 10.2. The van der Waals surface area contributed by atoms with Crippen LogP contribution in [-0.2, 0) is 4.74 Å². The molecule has 3 nitrogen and oxygen atoms in total. The quantitative estimate of drug-likeness (QED) is 0.869. The maximum Gasteiger partial charge on any atom is 0.339 e. The molecular weight excluding hydrogens is 308 g/mol. The second kappa shape index (κ2) is 5.89. The molecule has 0 heterocycles. The van der Waals surface area contributed by atoms with Crippen molar-refractivity contribution in [3.8, 4) is 16.9 Å². The average molecular weight is 321 g/mol. The van der Waals surface area contributed by atoms with Crippen molar-refractivity contribution < 1.29 is 14.6 Å². The number of carbonyl (C=O) groups is 1. The molecule has 2 rings (SSSR count). The van der Waals surface area contributed by atoms with Crippen LogP contribution in [0.5, 0.6) is 5.75 Å². The van der Waals surface area contributed by atoms with E-state index >= 15 is 0 Å². The molecule has 0 saturated carbocycles. The van der Waals surface area contributed by atoms with E-state index in [1.54, 1.807) is 25.1 Å². The zero-order chi connectivity index (χ0) is 13.8. The molecule has 0 aliphatic carbocycles. The minimum absolute atomic E-state index is 0.228. The van der Waals surface area contributed by atoms with Gasteiger partial charge in [-0.25, -0.2) is 4.79 Å². The molecule has 2 aromatic carbocycles. The first-order valence-corrected chi connectivity index (χ1v) is 6.67. The third kappa shape index (κ3) is 3.15. The Bertz CT molecular complexity index is 591. The van der Waals surface area contributed by atoms with Crippen LogP contribution in [0.4, 0.5) is 0 Å². The minimum Gasteiger partial charge on any atom is -0.508 e. The third-order valence-electron chi connectivity index (χ3n) is 2.67. The fraction of sp³-hybridized carbons (Fsp3) is 0.133. The highest BCUT2D eigenvalue weighted by molar-refractivity contribution is 9.10. The van der Waals surface area contributed by atoms with Crippen LogP contribution in [0.1, 0.15) is 17.3 Å². The zero-order valence-electron chi connectivity index (χ0n) is 10.4. The molecule has 0 amide bonds. The second-order valence-corrected chi connectivity index (χ2v) is 4.82. The predicted molar refractivity (Wildman–Crippen MR) is 77.2 cm³/mol. The molecule has 2 aromatic rings. The largest absolute Gasteiger partial charge is 0.508 e. The van der Waals surface area contributed by atoms with Crippen molar-refractivity contribution in [1.29, 1.82) is 0 Å². The fourth-order valence-electron chi connectivity index (χ4n) is 1.72. The Morgan fingerprint density at radius 2 is 1.79 bits per heavy atom. The highest BCUT2D eigenvalue weighted by Gasteiger charge is 2.11. The van der Waals surface area contributed by atoms with Gasteiger partial charge in [-0.2, -0.15) is 0 Å². The number of phenols is 1. The molecule has 0 aliphatic rings. The SMILES string of the molecule is CCOC(=O)c1ccc(-c2ccc(O)cc2)cc1Br. The molecular formula is C15H13BrO3. The first kappa shape index (κ1) is 13.6. The lowest BCUT2D eigenvalue weighted by Gasteiger charge is -2.07. The molecule has 0 unspecified atom stereocenters. The van der Waals surface area contributed by atoms with Crippen LogP contribution in [0.25, 0.3) is 11.1 Å². The Balaban J connectivity index is 2.33. The van der Waals surface area contributed by atoms with Gasteiger partial charge in [0.1, 0.15) is 5.75 Å². The topological polar surface area (TPSA) is 46.5 Å². The lowest BCUT2D eigenvalue weighted by Crippen LogP contribution is -2.05. The number of carbonyl (C=O) groups excluding carboxylic acids is 1. The van der Waals surface area contributed by atoms with Gasteiger partial charge in [0.25, 0.3) is 0 Å². The van der Waals surface area contributed by atoms with Crippen LogP contribution in [0.15, 0.2) is 46.9 Å². The lowest BCUT2D eigenvalue weighted by molar-refractivity contribution is 0.0525. The van der Waals surface area contributed by atoms with Crippen molar-refractivity contribution >= 4 is 21.9 Å². The van der Waals surface area contributed by atoms with Crippen LogP contribution in [-0.4, -0.2) is 17.7 Å². The smallest absolute Gasteiger partial charge is 0.339 e. The van der Waals surface area contributed by atoms with Crippen molar-refractivity contribution in [2.24, 2.45) is 0 Å². The Kier molecular flexibility index (Phi) is 4.22. The van der Waals surface area contributed by atoms with Crippen molar-refractivity contribution in [2.75, 3.05) is 6.61 Å². The van der Waals surface area contributed by atoms with Crippen LogP contribution in [0.3, 0.4) is 0 Å². The van der Waals surface area contributed by atoms with E-state index < -0.39 is 0 Å². The first-order valence-electron chi connectivity index (χ1n) is 5.88. The van der Waals surface area contributed by atoms with Gasteiger partial charge in [0.2, 0.25) is 0 Å². The zero-order valence-corrected chi connectivity index (χ0v) is 12.0. The number of benzene rings is 2. The van der Waals surface area contributed by atoms with Crippen LogP contribution in [0.2, 0.25) is 0 Å². The van der Waals surface area contributed by atoms with E-state index in [0.717, 1.165) is 11.1 Å². The molecule has 0 radical (unpaired) electrons. The highest BCUT2D eigenvalue weighted by atomic mass is 79.9. The number of aromatic hydroxyl groups is 1. The summed E-state index contributed by atoms with van der Waals surface area (Å²) in [6, 6.07) is 12.3. The molecule has 0 atom stereocenters. The summed E-state index contributed by atoms with van der Waals surface area (Å²) in [7, 11) is 0. The molecule has 1 N–H and O–H groups in total. The summed E-state index contributed by atoms with van der Waals surface area (Å²) >= 11 is 3.38. The molecule has 4 heteroatoms. The van der Waals surface area contributed by atoms with Gasteiger partial charge >= 0.3 is 5.97 Å². The van der Waals surface area contributed by atoms with E-state index in [-0.39, 0.29) is 11.7 Å². The van der Waals surface area contributed by atoms with Crippen molar-refractivity contribution in [3.05, 3.63) is 52.5 Å². The van der Waals surface area contributed by atoms with Gasteiger partial charge in [-0.3, -0.25) is 0 Å². The van der Waals surface area contributed by atoms with Crippen LogP contribution in [0, 0.1) is 0 Å². The van der Waals surface area contributed by atoms with Gasteiger partial charge in [-0.1, -0.05) is 18.2 Å². The van der Waals surface area contributed by atoms with Gasteiger partial charge in [-0.15, -0.1) is 0 Å². The summed E-state index contributed by atoms with van der Waals surface area (Å²) in [6.07, 6.45) is 0.